The van der Waals surface area contributed by atoms with Crippen molar-refractivity contribution in [1.29, 1.82) is 0 Å². The summed E-state index contributed by atoms with van der Waals surface area (Å²) in [7, 11) is -4.15. The second-order valence-electron chi connectivity index (χ2n) is 6.12. The van der Waals surface area contributed by atoms with Gasteiger partial charge in [-0.3, -0.25) is 4.79 Å². The molecule has 1 aliphatic carbocycles. The summed E-state index contributed by atoms with van der Waals surface area (Å²) >= 11 is 5.37. The van der Waals surface area contributed by atoms with E-state index in [0.717, 1.165) is 6.07 Å². The van der Waals surface area contributed by atoms with E-state index in [4.69, 9.17) is 11.6 Å². The first kappa shape index (κ1) is 19.2. The normalized spacial score (nSPS) is 21.9. The van der Waals surface area contributed by atoms with E-state index in [1.54, 1.807) is 13.8 Å². The van der Waals surface area contributed by atoms with Crippen LogP contribution in [0, 0.1) is 5.92 Å². The van der Waals surface area contributed by atoms with Gasteiger partial charge in [0.1, 0.15) is 0 Å². The van der Waals surface area contributed by atoms with Crippen LogP contribution in [0.15, 0.2) is 17.0 Å². The molecule has 2 atom stereocenters. The maximum absolute atomic E-state index is 13.4. The van der Waals surface area contributed by atoms with Gasteiger partial charge in [-0.15, -0.1) is 0 Å². The molecular formula is C16H18ClF3O3S. The smallest absolute Gasteiger partial charge is 0.276 e. The van der Waals surface area contributed by atoms with Gasteiger partial charge >= 0.3 is 6.18 Å². The first-order chi connectivity index (χ1) is 11.0. The molecule has 0 radical (unpaired) electrons. The number of rotatable bonds is 4. The molecule has 2 unspecified atom stereocenters. The number of sulfone groups is 1. The van der Waals surface area contributed by atoms with E-state index in [1.165, 1.54) is 0 Å². The summed E-state index contributed by atoms with van der Waals surface area (Å²) in [5.41, 5.74) is -1.42. The Labute approximate surface area is 144 Å². The van der Waals surface area contributed by atoms with Crippen molar-refractivity contribution in [2.75, 3.05) is 0 Å². The van der Waals surface area contributed by atoms with Gasteiger partial charge in [-0.1, -0.05) is 20.3 Å². The molecule has 24 heavy (non-hydrogen) atoms. The minimum atomic E-state index is -4.89. The van der Waals surface area contributed by atoms with E-state index in [2.05, 4.69) is 0 Å². The Hall–Kier alpha value is -1.08. The van der Waals surface area contributed by atoms with Crippen molar-refractivity contribution in [1.82, 2.24) is 0 Å². The van der Waals surface area contributed by atoms with Gasteiger partial charge in [0, 0.05) is 5.56 Å². The highest BCUT2D eigenvalue weighted by molar-refractivity contribution is 7.92. The van der Waals surface area contributed by atoms with Gasteiger partial charge < -0.3 is 0 Å². The molecule has 1 saturated carbocycles. The molecule has 1 fully saturated rings. The third-order valence-electron chi connectivity index (χ3n) is 4.59. The van der Waals surface area contributed by atoms with Gasteiger partial charge in [-0.2, -0.15) is 13.2 Å². The van der Waals surface area contributed by atoms with E-state index in [1.807, 2.05) is 0 Å². The molecule has 0 aliphatic heterocycles. The van der Waals surface area contributed by atoms with Crippen molar-refractivity contribution < 1.29 is 26.4 Å². The van der Waals surface area contributed by atoms with Crippen molar-refractivity contribution in [2.24, 2.45) is 5.92 Å². The summed E-state index contributed by atoms with van der Waals surface area (Å²) in [6, 6.07) is 1.54. The number of halogens is 4. The zero-order valence-corrected chi connectivity index (χ0v) is 14.9. The second-order valence-corrected chi connectivity index (χ2v) is 8.60. The Morgan fingerprint density at radius 2 is 1.92 bits per heavy atom. The lowest BCUT2D eigenvalue weighted by Gasteiger charge is -2.21. The Kier molecular flexibility index (Phi) is 5.35. The molecule has 0 bridgehead atoms. The summed E-state index contributed by atoms with van der Waals surface area (Å²) in [6.07, 6.45) is -3.00. The molecule has 0 amide bonds. The lowest BCUT2D eigenvalue weighted by atomic mass is 10.0. The molecule has 1 aromatic carbocycles. The van der Waals surface area contributed by atoms with E-state index in [-0.39, 0.29) is 23.5 Å². The van der Waals surface area contributed by atoms with Crippen LogP contribution in [0.2, 0.25) is 0 Å². The Bertz CT molecular complexity index is 757. The van der Waals surface area contributed by atoms with Crippen LogP contribution in [0.4, 0.5) is 13.2 Å². The number of alkyl halides is 3. The van der Waals surface area contributed by atoms with Crippen molar-refractivity contribution in [3.63, 3.8) is 0 Å². The summed E-state index contributed by atoms with van der Waals surface area (Å²) in [4.78, 5) is 10.7. The fraction of sp³-hybridized carbons (Fsp3) is 0.562. The first-order valence-corrected chi connectivity index (χ1v) is 9.60. The number of benzene rings is 1. The van der Waals surface area contributed by atoms with Gasteiger partial charge in [0.2, 0.25) is 0 Å². The Morgan fingerprint density at radius 3 is 2.33 bits per heavy atom. The number of hydrogen-bond acceptors (Lipinski definition) is 3. The predicted octanol–water partition coefficient (Wildman–Crippen LogP) is 4.61. The molecule has 0 saturated heterocycles. The summed E-state index contributed by atoms with van der Waals surface area (Å²) in [5, 5.41) is -1.86. The zero-order chi connectivity index (χ0) is 18.3. The standard InChI is InChI=1S/C16H18ClF3O3S/c1-3-10-7-14(24(22,23)13-6-4-5-9(13)2)12(16(18,19)20)8-11(10)15(17)21/h7-9,13H,3-6H2,1-2H3. The second kappa shape index (κ2) is 6.67. The maximum atomic E-state index is 13.4. The first-order valence-electron chi connectivity index (χ1n) is 7.68. The number of aryl methyl sites for hydroxylation is 1. The molecule has 8 heteroatoms. The fourth-order valence-electron chi connectivity index (χ4n) is 3.29. The zero-order valence-electron chi connectivity index (χ0n) is 13.3. The van der Waals surface area contributed by atoms with E-state index in [0.29, 0.717) is 25.3 Å². The number of carbonyl (C=O) groups is 1. The van der Waals surface area contributed by atoms with Crippen LogP contribution in [0.1, 0.15) is 54.6 Å². The predicted molar refractivity (Wildman–Crippen MR) is 85.0 cm³/mol. The highest BCUT2D eigenvalue weighted by Gasteiger charge is 2.43. The van der Waals surface area contributed by atoms with Gasteiger partial charge in [0.25, 0.3) is 5.24 Å². The molecular weight excluding hydrogens is 365 g/mol. The van der Waals surface area contributed by atoms with Crippen LogP contribution in [-0.4, -0.2) is 18.9 Å². The van der Waals surface area contributed by atoms with Crippen LogP contribution in [-0.2, 0) is 22.4 Å². The third kappa shape index (κ3) is 3.47. The average molecular weight is 383 g/mol. The van der Waals surface area contributed by atoms with Crippen LogP contribution in [0.25, 0.3) is 0 Å². The molecule has 2 rings (SSSR count). The maximum Gasteiger partial charge on any atom is 0.417 e. The van der Waals surface area contributed by atoms with Crippen molar-refractivity contribution in [3.05, 3.63) is 28.8 Å². The topological polar surface area (TPSA) is 51.2 Å². The molecule has 0 aromatic heterocycles. The molecule has 1 aliphatic rings. The molecule has 1 aromatic rings. The lowest BCUT2D eigenvalue weighted by molar-refractivity contribution is -0.139. The average Bonchev–Trinajstić information content (AvgIpc) is 2.91. The van der Waals surface area contributed by atoms with E-state index in [9.17, 15) is 26.4 Å². The molecule has 3 nitrogen and oxygen atoms in total. The highest BCUT2D eigenvalue weighted by atomic mass is 35.5. The third-order valence-corrected chi connectivity index (χ3v) is 7.24. The molecule has 134 valence electrons. The summed E-state index contributed by atoms with van der Waals surface area (Å²) in [5.74, 6) is -0.199. The van der Waals surface area contributed by atoms with Crippen molar-refractivity contribution >= 4 is 26.7 Å². The summed E-state index contributed by atoms with van der Waals surface area (Å²) in [6.45, 7) is 3.36. The van der Waals surface area contributed by atoms with Crippen LogP contribution >= 0.6 is 11.6 Å². The number of hydrogen-bond donors (Lipinski definition) is 0. The largest absolute Gasteiger partial charge is 0.417 e. The van der Waals surface area contributed by atoms with Gasteiger partial charge in [-0.25, -0.2) is 8.42 Å². The fourth-order valence-corrected chi connectivity index (χ4v) is 5.80. The molecule has 0 N–H and O–H groups in total. The van der Waals surface area contributed by atoms with Crippen molar-refractivity contribution in [3.8, 4) is 0 Å². The Balaban J connectivity index is 2.74. The van der Waals surface area contributed by atoms with Crippen LogP contribution in [0.5, 0.6) is 0 Å². The highest BCUT2D eigenvalue weighted by Crippen LogP contribution is 2.41. The summed E-state index contributed by atoms with van der Waals surface area (Å²) < 4.78 is 66.0. The van der Waals surface area contributed by atoms with Gasteiger partial charge in [-0.05, 0) is 54.5 Å². The monoisotopic (exact) mass is 382 g/mol. The van der Waals surface area contributed by atoms with Crippen LogP contribution in [0.3, 0.4) is 0 Å². The van der Waals surface area contributed by atoms with Gasteiger partial charge in [0.15, 0.2) is 9.84 Å². The minimum absolute atomic E-state index is 0.199. The van der Waals surface area contributed by atoms with Crippen LogP contribution < -0.4 is 0 Å². The van der Waals surface area contributed by atoms with E-state index >= 15 is 0 Å². The quantitative estimate of drug-likeness (QED) is 0.714. The molecule has 0 heterocycles. The lowest BCUT2D eigenvalue weighted by Crippen LogP contribution is -2.27. The number of carbonyl (C=O) groups excluding carboxylic acids is 1. The SMILES string of the molecule is CCc1cc(S(=O)(=O)C2CCCC2C)c(C(F)(F)F)cc1C(=O)Cl. The minimum Gasteiger partial charge on any atom is -0.276 e. The van der Waals surface area contributed by atoms with Gasteiger partial charge in [0.05, 0.1) is 15.7 Å². The van der Waals surface area contributed by atoms with E-state index < -0.39 is 37.0 Å². The molecule has 0 spiro atoms. The van der Waals surface area contributed by atoms with Crippen molar-refractivity contribution in [2.45, 2.75) is 55.9 Å². The Morgan fingerprint density at radius 1 is 1.29 bits per heavy atom.